The maximum absolute atomic E-state index is 12.1. The number of anilines is 1. The Morgan fingerprint density at radius 2 is 2.05 bits per heavy atom. The first-order valence-corrected chi connectivity index (χ1v) is 6.35. The van der Waals surface area contributed by atoms with E-state index in [1.807, 2.05) is 48.4 Å². The third kappa shape index (κ3) is 2.04. The van der Waals surface area contributed by atoms with Crippen LogP contribution in [0.25, 0.3) is 17.3 Å². The summed E-state index contributed by atoms with van der Waals surface area (Å²) >= 11 is 6.14. The predicted molar refractivity (Wildman–Crippen MR) is 77.4 cm³/mol. The first-order chi connectivity index (χ1) is 9.16. The van der Waals surface area contributed by atoms with Gasteiger partial charge in [-0.3, -0.25) is 4.79 Å². The van der Waals surface area contributed by atoms with Crippen molar-refractivity contribution in [2.24, 2.45) is 0 Å². The monoisotopic (exact) mass is 273 g/mol. The van der Waals surface area contributed by atoms with E-state index in [9.17, 15) is 4.79 Å². The summed E-state index contributed by atoms with van der Waals surface area (Å²) < 4.78 is 0. The van der Waals surface area contributed by atoms with Crippen LogP contribution in [0, 0.1) is 0 Å². The standard InChI is InChI=1S/C14H12ClN3O/c1-18-11(15)8-7-10-13(18)17-12(14(19)16-10)9-5-3-2-4-6-9/h2-8,11H,1H3,(H,16,19). The summed E-state index contributed by atoms with van der Waals surface area (Å²) in [5.41, 5.74) is 1.43. The van der Waals surface area contributed by atoms with Gasteiger partial charge in [0, 0.05) is 12.6 Å². The van der Waals surface area contributed by atoms with Gasteiger partial charge in [-0.15, -0.1) is 0 Å². The molecule has 3 rings (SSSR count). The van der Waals surface area contributed by atoms with Crippen LogP contribution in [0.3, 0.4) is 0 Å². The second-order valence-corrected chi connectivity index (χ2v) is 4.81. The molecular formula is C14H12ClN3O. The number of halogens is 1. The summed E-state index contributed by atoms with van der Waals surface area (Å²) in [6.07, 6.45) is 3.60. The fourth-order valence-electron chi connectivity index (χ4n) is 2.05. The summed E-state index contributed by atoms with van der Waals surface area (Å²) in [4.78, 5) is 21.2. The molecule has 0 aliphatic carbocycles. The molecule has 0 saturated heterocycles. The van der Waals surface area contributed by atoms with E-state index < -0.39 is 0 Å². The second kappa shape index (κ2) is 4.55. The van der Waals surface area contributed by atoms with Gasteiger partial charge in [0.05, 0.1) is 5.69 Å². The quantitative estimate of drug-likeness (QED) is 0.641. The molecule has 4 nitrogen and oxygen atoms in total. The molecule has 1 unspecified atom stereocenters. The van der Waals surface area contributed by atoms with Crippen LogP contribution in [-0.2, 0) is 0 Å². The fourth-order valence-corrected chi connectivity index (χ4v) is 2.22. The highest BCUT2D eigenvalue weighted by Gasteiger charge is 2.21. The molecule has 0 fully saturated rings. The number of aromatic nitrogens is 2. The molecular weight excluding hydrogens is 262 g/mol. The topological polar surface area (TPSA) is 49.0 Å². The van der Waals surface area contributed by atoms with Gasteiger partial charge in [0.1, 0.15) is 11.2 Å². The van der Waals surface area contributed by atoms with Crippen molar-refractivity contribution in [1.29, 1.82) is 0 Å². The zero-order valence-corrected chi connectivity index (χ0v) is 11.1. The van der Waals surface area contributed by atoms with E-state index in [2.05, 4.69) is 9.97 Å². The minimum Gasteiger partial charge on any atom is -0.338 e. The number of H-pyrrole nitrogens is 1. The zero-order chi connectivity index (χ0) is 13.4. The summed E-state index contributed by atoms with van der Waals surface area (Å²) in [6.45, 7) is 0. The van der Waals surface area contributed by atoms with Crippen molar-refractivity contribution in [3.63, 3.8) is 0 Å². The molecule has 1 aliphatic rings. The Morgan fingerprint density at radius 1 is 1.32 bits per heavy atom. The minimum absolute atomic E-state index is 0.198. The lowest BCUT2D eigenvalue weighted by Gasteiger charge is -2.26. The number of aromatic amines is 1. The van der Waals surface area contributed by atoms with Gasteiger partial charge in [-0.25, -0.2) is 4.98 Å². The number of hydrogen-bond donors (Lipinski definition) is 1. The molecule has 96 valence electrons. The van der Waals surface area contributed by atoms with Crippen LogP contribution in [0.5, 0.6) is 0 Å². The van der Waals surface area contributed by atoms with Gasteiger partial charge in [-0.1, -0.05) is 41.9 Å². The van der Waals surface area contributed by atoms with Gasteiger partial charge in [0.25, 0.3) is 5.56 Å². The van der Waals surface area contributed by atoms with Crippen LogP contribution < -0.4 is 10.5 Å². The highest BCUT2D eigenvalue weighted by Crippen LogP contribution is 2.26. The number of nitrogens with zero attached hydrogens (tertiary/aromatic N) is 2. The molecule has 1 aromatic heterocycles. The largest absolute Gasteiger partial charge is 0.338 e. The summed E-state index contributed by atoms with van der Waals surface area (Å²) in [6, 6.07) is 9.38. The molecule has 1 atom stereocenters. The van der Waals surface area contributed by atoms with Gasteiger partial charge in [0.2, 0.25) is 0 Å². The van der Waals surface area contributed by atoms with Gasteiger partial charge >= 0.3 is 0 Å². The van der Waals surface area contributed by atoms with Crippen molar-refractivity contribution in [1.82, 2.24) is 9.97 Å². The number of nitrogens with one attached hydrogen (secondary N) is 1. The molecule has 2 aromatic rings. The lowest BCUT2D eigenvalue weighted by molar-refractivity contribution is 0.904. The number of likely N-dealkylation sites (N-methyl/N-ethyl adjacent to an activating group) is 1. The molecule has 0 amide bonds. The first-order valence-electron chi connectivity index (χ1n) is 5.91. The summed E-state index contributed by atoms with van der Waals surface area (Å²) in [5, 5.41) is 0. The number of fused-ring (bicyclic) bond motifs is 1. The Kier molecular flexibility index (Phi) is 2.87. The molecule has 19 heavy (non-hydrogen) atoms. The Balaban J connectivity index is 2.20. The van der Waals surface area contributed by atoms with Gasteiger partial charge in [0.15, 0.2) is 5.82 Å². The Morgan fingerprint density at radius 3 is 2.79 bits per heavy atom. The van der Waals surface area contributed by atoms with Gasteiger partial charge in [-0.2, -0.15) is 0 Å². The lowest BCUT2D eigenvalue weighted by Crippen LogP contribution is -2.31. The average molecular weight is 274 g/mol. The van der Waals surface area contributed by atoms with E-state index in [0.717, 1.165) is 5.56 Å². The number of alkyl halides is 1. The van der Waals surface area contributed by atoms with Crippen LogP contribution in [0.15, 0.2) is 41.2 Å². The van der Waals surface area contributed by atoms with Crippen molar-refractivity contribution >= 4 is 23.5 Å². The van der Waals surface area contributed by atoms with E-state index in [1.165, 1.54) is 0 Å². The van der Waals surface area contributed by atoms with E-state index in [0.29, 0.717) is 17.2 Å². The van der Waals surface area contributed by atoms with Crippen LogP contribution in [0.1, 0.15) is 5.69 Å². The lowest BCUT2D eigenvalue weighted by atomic mass is 10.1. The van der Waals surface area contributed by atoms with Crippen molar-refractivity contribution in [2.75, 3.05) is 11.9 Å². The van der Waals surface area contributed by atoms with Crippen LogP contribution >= 0.6 is 11.6 Å². The molecule has 0 bridgehead atoms. The maximum Gasteiger partial charge on any atom is 0.275 e. The SMILES string of the molecule is CN1c2nc(-c3ccccc3)c(=O)[nH]c2C=CC1Cl. The molecule has 0 spiro atoms. The number of benzene rings is 1. The van der Waals surface area contributed by atoms with Crippen molar-refractivity contribution in [2.45, 2.75) is 5.50 Å². The molecule has 5 heteroatoms. The molecule has 1 aromatic carbocycles. The van der Waals surface area contributed by atoms with E-state index in [-0.39, 0.29) is 11.1 Å². The first kappa shape index (κ1) is 12.0. The maximum atomic E-state index is 12.1. The highest BCUT2D eigenvalue weighted by molar-refractivity contribution is 6.23. The van der Waals surface area contributed by atoms with Crippen LogP contribution in [-0.4, -0.2) is 22.5 Å². The van der Waals surface area contributed by atoms with E-state index in [4.69, 9.17) is 11.6 Å². The smallest absolute Gasteiger partial charge is 0.275 e. The predicted octanol–water partition coefficient (Wildman–Crippen LogP) is 2.46. The molecule has 1 N–H and O–H groups in total. The zero-order valence-electron chi connectivity index (χ0n) is 10.3. The van der Waals surface area contributed by atoms with Crippen LogP contribution in [0.2, 0.25) is 0 Å². The summed E-state index contributed by atoms with van der Waals surface area (Å²) in [7, 11) is 1.85. The molecule has 2 heterocycles. The molecule has 0 saturated carbocycles. The van der Waals surface area contributed by atoms with Gasteiger partial charge in [-0.05, 0) is 12.2 Å². The number of rotatable bonds is 1. The Labute approximate surface area is 115 Å². The number of hydrogen-bond acceptors (Lipinski definition) is 3. The van der Waals surface area contributed by atoms with Gasteiger partial charge < -0.3 is 9.88 Å². The molecule has 0 radical (unpaired) electrons. The summed E-state index contributed by atoms with van der Waals surface area (Å²) in [5.74, 6) is 0.681. The highest BCUT2D eigenvalue weighted by atomic mass is 35.5. The van der Waals surface area contributed by atoms with Crippen LogP contribution in [0.4, 0.5) is 5.82 Å². The fraction of sp³-hybridized carbons (Fsp3) is 0.143. The average Bonchev–Trinajstić information content (AvgIpc) is 2.44. The molecule has 1 aliphatic heterocycles. The third-order valence-electron chi connectivity index (χ3n) is 3.09. The minimum atomic E-state index is -0.255. The van der Waals surface area contributed by atoms with E-state index >= 15 is 0 Å². The van der Waals surface area contributed by atoms with E-state index in [1.54, 1.807) is 6.08 Å². The van der Waals surface area contributed by atoms with Crippen molar-refractivity contribution in [3.05, 3.63) is 52.5 Å². The Bertz CT molecular complexity index is 694. The normalized spacial score (nSPS) is 17.4. The van der Waals surface area contributed by atoms with Crippen molar-refractivity contribution in [3.8, 4) is 11.3 Å². The Hall–Kier alpha value is -2.07. The second-order valence-electron chi connectivity index (χ2n) is 4.36. The van der Waals surface area contributed by atoms with Crippen molar-refractivity contribution < 1.29 is 0 Å². The third-order valence-corrected chi connectivity index (χ3v) is 3.53.